The van der Waals surface area contributed by atoms with E-state index in [0.717, 1.165) is 17.0 Å². The second-order valence-electron chi connectivity index (χ2n) is 6.69. The van der Waals surface area contributed by atoms with Crippen molar-refractivity contribution in [3.05, 3.63) is 77.1 Å². The van der Waals surface area contributed by atoms with Crippen molar-refractivity contribution in [1.82, 2.24) is 30.7 Å². The summed E-state index contributed by atoms with van der Waals surface area (Å²) in [6, 6.07) is 13.7. The van der Waals surface area contributed by atoms with Gasteiger partial charge in [-0.3, -0.25) is 4.79 Å². The van der Waals surface area contributed by atoms with Gasteiger partial charge in [0.2, 0.25) is 11.6 Å². The van der Waals surface area contributed by atoms with E-state index in [2.05, 4.69) is 35.8 Å². The molecule has 0 unspecified atom stereocenters. The lowest BCUT2D eigenvalue weighted by molar-refractivity contribution is -0.137. The monoisotopic (exact) mass is 488 g/mol. The zero-order valence-corrected chi connectivity index (χ0v) is 17.9. The van der Waals surface area contributed by atoms with Crippen LogP contribution in [0.15, 0.2) is 69.2 Å². The minimum Gasteiger partial charge on any atom is -0.378 e. The number of halogens is 3. The van der Waals surface area contributed by atoms with Crippen LogP contribution in [0.25, 0.3) is 5.82 Å². The van der Waals surface area contributed by atoms with E-state index in [1.165, 1.54) is 34.8 Å². The smallest absolute Gasteiger partial charge is 0.378 e. The van der Waals surface area contributed by atoms with Gasteiger partial charge in [0, 0.05) is 10.6 Å². The van der Waals surface area contributed by atoms with Gasteiger partial charge in [-0.25, -0.2) is 10.1 Å². The summed E-state index contributed by atoms with van der Waals surface area (Å²) in [6.45, 7) is 0. The number of aromatic nitrogens is 5. The number of thioether (sulfide) groups is 1. The molecule has 34 heavy (non-hydrogen) atoms. The lowest BCUT2D eigenvalue weighted by Gasteiger charge is -2.06. The number of amides is 1. The van der Waals surface area contributed by atoms with Crippen LogP contribution in [0.1, 0.15) is 27.3 Å². The number of benzene rings is 2. The molecule has 0 saturated heterocycles. The van der Waals surface area contributed by atoms with Crippen molar-refractivity contribution in [2.45, 2.75) is 16.8 Å². The lowest BCUT2D eigenvalue weighted by Crippen LogP contribution is -2.20. The Hall–Kier alpha value is -4.20. The van der Waals surface area contributed by atoms with Crippen LogP contribution in [-0.4, -0.2) is 37.4 Å². The first-order chi connectivity index (χ1) is 16.3. The van der Waals surface area contributed by atoms with Crippen LogP contribution in [0.3, 0.4) is 0 Å². The predicted octanol–water partition coefficient (Wildman–Crippen LogP) is 3.31. The van der Waals surface area contributed by atoms with Gasteiger partial charge in [0.25, 0.3) is 5.91 Å². The van der Waals surface area contributed by atoms with Crippen LogP contribution in [0.2, 0.25) is 0 Å². The van der Waals surface area contributed by atoms with Gasteiger partial charge in [-0.15, -0.1) is 16.9 Å². The molecule has 0 aliphatic heterocycles. The summed E-state index contributed by atoms with van der Waals surface area (Å²) >= 11 is 1.42. The third kappa shape index (κ3) is 5.23. The number of hydrogen-bond acceptors (Lipinski definition) is 9. The van der Waals surface area contributed by atoms with Crippen LogP contribution in [-0.2, 0) is 11.9 Å². The summed E-state index contributed by atoms with van der Waals surface area (Å²) in [5.74, 6) is -0.381. The van der Waals surface area contributed by atoms with Crippen LogP contribution in [0.5, 0.6) is 0 Å². The second-order valence-corrected chi connectivity index (χ2v) is 7.74. The summed E-state index contributed by atoms with van der Waals surface area (Å²) in [7, 11) is 0. The van der Waals surface area contributed by atoms with Gasteiger partial charge < -0.3 is 5.73 Å². The Morgan fingerprint density at radius 2 is 1.88 bits per heavy atom. The van der Waals surface area contributed by atoms with Crippen molar-refractivity contribution in [3.8, 4) is 5.82 Å². The maximum atomic E-state index is 12.7. The maximum Gasteiger partial charge on any atom is 0.416 e. The fraction of sp³-hybridized carbons (Fsp3) is 0.100. The molecular weight excluding hydrogens is 473 g/mol. The van der Waals surface area contributed by atoms with Crippen LogP contribution in [0, 0.1) is 0 Å². The van der Waals surface area contributed by atoms with Gasteiger partial charge in [-0.1, -0.05) is 35.5 Å². The first-order valence-electron chi connectivity index (χ1n) is 9.54. The number of hydrogen-bond donors (Lipinski definition) is 2. The first kappa shape index (κ1) is 23.0. The number of nitrogen functional groups attached to an aromatic ring is 1. The molecule has 10 nitrogen and oxygen atoms in total. The van der Waals surface area contributed by atoms with E-state index in [4.69, 9.17) is 5.73 Å². The van der Waals surface area contributed by atoms with Crippen molar-refractivity contribution < 1.29 is 22.6 Å². The molecule has 2 aromatic heterocycles. The molecule has 0 atom stereocenters. The summed E-state index contributed by atoms with van der Waals surface area (Å²) < 4.78 is 43.9. The molecule has 174 valence electrons. The summed E-state index contributed by atoms with van der Waals surface area (Å²) in [6.07, 6.45) is -3.23. The fourth-order valence-corrected chi connectivity index (χ4v) is 3.67. The van der Waals surface area contributed by atoms with E-state index in [9.17, 15) is 18.0 Å². The quantitative estimate of drug-likeness (QED) is 0.230. The molecule has 2 heterocycles. The maximum absolute atomic E-state index is 12.7. The van der Waals surface area contributed by atoms with E-state index >= 15 is 0 Å². The molecule has 2 aromatic carbocycles. The molecule has 1 amide bonds. The molecule has 0 radical (unpaired) electrons. The number of nitrogens with one attached hydrogen (secondary N) is 1. The topological polar surface area (TPSA) is 137 Å². The Balaban J connectivity index is 1.53. The largest absolute Gasteiger partial charge is 0.416 e. The van der Waals surface area contributed by atoms with Crippen molar-refractivity contribution in [2.24, 2.45) is 5.10 Å². The minimum atomic E-state index is -4.44. The van der Waals surface area contributed by atoms with Crippen LogP contribution in [0.4, 0.5) is 19.0 Å². The average Bonchev–Trinajstić information content (AvgIpc) is 3.43. The average molecular weight is 488 g/mol. The van der Waals surface area contributed by atoms with Crippen molar-refractivity contribution in [1.29, 1.82) is 0 Å². The fourth-order valence-electron chi connectivity index (χ4n) is 2.76. The normalized spacial score (nSPS) is 11.7. The molecule has 0 bridgehead atoms. The molecule has 4 rings (SSSR count). The van der Waals surface area contributed by atoms with Crippen molar-refractivity contribution >= 4 is 29.7 Å². The molecule has 3 N–H and O–H groups in total. The predicted molar refractivity (Wildman–Crippen MR) is 116 cm³/mol. The highest BCUT2D eigenvalue weighted by Crippen LogP contribution is 2.29. The third-order valence-electron chi connectivity index (χ3n) is 4.41. The van der Waals surface area contributed by atoms with Gasteiger partial charge >= 0.3 is 6.18 Å². The van der Waals surface area contributed by atoms with Gasteiger partial charge in [0.15, 0.2) is 5.69 Å². The number of hydrazone groups is 1. The highest BCUT2D eigenvalue weighted by Gasteiger charge is 2.30. The third-order valence-corrected chi connectivity index (χ3v) is 5.43. The van der Waals surface area contributed by atoms with Gasteiger partial charge in [-0.2, -0.15) is 23.0 Å². The number of anilines is 1. The zero-order valence-electron chi connectivity index (χ0n) is 17.1. The first-order valence-corrected chi connectivity index (χ1v) is 10.5. The highest BCUT2D eigenvalue weighted by molar-refractivity contribution is 7.98. The number of nitrogens with two attached hydrogens (primary N) is 1. The Morgan fingerprint density at radius 1 is 1.15 bits per heavy atom. The number of rotatable bonds is 7. The number of alkyl halides is 3. The number of nitrogens with zero attached hydrogens (tertiary/aromatic N) is 6. The Bertz CT molecular complexity index is 1300. The van der Waals surface area contributed by atoms with E-state index in [0.29, 0.717) is 11.3 Å². The van der Waals surface area contributed by atoms with Gasteiger partial charge in [0.1, 0.15) is 0 Å². The van der Waals surface area contributed by atoms with Gasteiger partial charge in [0.05, 0.1) is 17.5 Å². The number of carbonyl (C=O) groups is 1. The lowest BCUT2D eigenvalue weighted by atomic mass is 10.1. The van der Waals surface area contributed by atoms with Crippen molar-refractivity contribution in [2.75, 3.05) is 5.73 Å². The molecule has 14 heteroatoms. The Kier molecular flexibility index (Phi) is 6.58. The summed E-state index contributed by atoms with van der Waals surface area (Å²) in [5.41, 5.74) is 7.94. The highest BCUT2D eigenvalue weighted by atomic mass is 32.2. The van der Waals surface area contributed by atoms with E-state index in [1.807, 2.05) is 30.3 Å². The second kappa shape index (κ2) is 9.74. The van der Waals surface area contributed by atoms with Crippen LogP contribution < -0.4 is 11.2 Å². The summed E-state index contributed by atoms with van der Waals surface area (Å²) in [4.78, 5) is 13.7. The molecule has 0 spiro atoms. The van der Waals surface area contributed by atoms with Crippen LogP contribution >= 0.6 is 11.8 Å². The van der Waals surface area contributed by atoms with E-state index in [-0.39, 0.29) is 23.1 Å². The Labute approximate surface area is 194 Å². The van der Waals surface area contributed by atoms with E-state index < -0.39 is 17.6 Å². The van der Waals surface area contributed by atoms with Gasteiger partial charge in [-0.05, 0) is 40.1 Å². The SMILES string of the molecule is Nc1nonc1-n1nnc(C(=O)N/N=C/c2ccc(C(F)(F)F)cc2)c1CSc1ccccc1. The van der Waals surface area contributed by atoms with E-state index in [1.54, 1.807) is 0 Å². The standard InChI is InChI=1S/C20H15F3N8O2S/c21-20(22,23)13-8-6-12(7-9-13)10-25-27-19(32)16-15(11-34-14-4-2-1-3-5-14)31(30-26-16)18-17(24)28-33-29-18/h1-10H,11H2,(H2,24,28)(H,27,32)/b25-10+. The zero-order chi connectivity index (χ0) is 24.1. The summed E-state index contributed by atoms with van der Waals surface area (Å²) in [5, 5.41) is 18.9. The molecule has 0 saturated carbocycles. The minimum absolute atomic E-state index is 0.0388. The number of carbonyl (C=O) groups excluding carboxylic acids is 1. The molecular formula is C20H15F3N8O2S. The molecule has 0 aliphatic rings. The molecule has 4 aromatic rings. The Morgan fingerprint density at radius 3 is 2.53 bits per heavy atom. The van der Waals surface area contributed by atoms with Crippen molar-refractivity contribution in [3.63, 3.8) is 0 Å². The molecule has 0 fully saturated rings. The molecule has 0 aliphatic carbocycles.